The number of aryl methyl sites for hydroxylation is 1. The number of H-pyrrole nitrogens is 1. The molecule has 3 aromatic carbocycles. The zero-order valence-corrected chi connectivity index (χ0v) is 23.6. The lowest BCUT2D eigenvalue weighted by molar-refractivity contribution is -0.132. The van der Waals surface area contributed by atoms with E-state index in [1.807, 2.05) is 50.2 Å². The fourth-order valence-corrected chi connectivity index (χ4v) is 5.67. The lowest BCUT2D eigenvalue weighted by atomic mass is 9.81. The maximum atomic E-state index is 13.0. The zero-order chi connectivity index (χ0) is 28.6. The molecular formula is C32H33N7O2. The molecule has 208 valence electrons. The summed E-state index contributed by atoms with van der Waals surface area (Å²) in [5, 5.41) is 14.9. The predicted octanol–water partition coefficient (Wildman–Crippen LogP) is 5.95. The van der Waals surface area contributed by atoms with Crippen LogP contribution in [0, 0.1) is 5.41 Å². The van der Waals surface area contributed by atoms with Gasteiger partial charge in [-0.2, -0.15) is 5.21 Å². The van der Waals surface area contributed by atoms with Crippen LogP contribution in [0.5, 0.6) is 0 Å². The quantitative estimate of drug-likeness (QED) is 0.240. The smallest absolute Gasteiger partial charge is 0.234 e. The van der Waals surface area contributed by atoms with Crippen molar-refractivity contribution in [2.75, 3.05) is 4.90 Å². The monoisotopic (exact) mass is 547 g/mol. The number of nitrogens with one attached hydrogen (secondary N) is 1. The highest BCUT2D eigenvalue weighted by Crippen LogP contribution is 2.36. The molecule has 0 spiro atoms. The molecular weight excluding hydrogens is 514 g/mol. The third kappa shape index (κ3) is 5.27. The average molecular weight is 548 g/mol. The van der Waals surface area contributed by atoms with Crippen LogP contribution in [0.25, 0.3) is 33.5 Å². The van der Waals surface area contributed by atoms with E-state index in [0.717, 1.165) is 58.4 Å². The third-order valence-corrected chi connectivity index (χ3v) is 7.68. The molecule has 1 aliphatic heterocycles. The Balaban J connectivity index is 1.43. The molecule has 0 radical (unpaired) electrons. The number of aromatic nitrogens is 6. The lowest BCUT2D eigenvalue weighted by Gasteiger charge is -2.34. The number of anilines is 1. The van der Waals surface area contributed by atoms with Crippen LogP contribution in [-0.2, 0) is 22.6 Å². The minimum atomic E-state index is -0.327. The van der Waals surface area contributed by atoms with Crippen molar-refractivity contribution in [3.63, 3.8) is 0 Å². The third-order valence-electron chi connectivity index (χ3n) is 7.68. The van der Waals surface area contributed by atoms with E-state index >= 15 is 0 Å². The molecule has 1 fully saturated rings. The van der Waals surface area contributed by atoms with E-state index in [1.54, 1.807) is 0 Å². The molecule has 0 unspecified atom stereocenters. The Morgan fingerprint density at radius 2 is 1.71 bits per heavy atom. The van der Waals surface area contributed by atoms with Crippen LogP contribution in [0.4, 0.5) is 5.69 Å². The highest BCUT2D eigenvalue weighted by Gasteiger charge is 2.38. The topological polar surface area (TPSA) is 110 Å². The Morgan fingerprint density at radius 3 is 2.41 bits per heavy atom. The van der Waals surface area contributed by atoms with Gasteiger partial charge in [-0.05, 0) is 58.0 Å². The van der Waals surface area contributed by atoms with E-state index in [4.69, 9.17) is 4.98 Å². The normalized spacial score (nSPS) is 15.1. The van der Waals surface area contributed by atoms with Crippen LogP contribution >= 0.6 is 0 Å². The minimum Gasteiger partial charge on any atom is -0.323 e. The number of fused-ring (bicyclic) bond motifs is 1. The van der Waals surface area contributed by atoms with Crippen molar-refractivity contribution < 1.29 is 9.59 Å². The molecule has 1 N–H and O–H groups in total. The molecule has 3 heterocycles. The molecule has 0 saturated carbocycles. The van der Waals surface area contributed by atoms with Crippen molar-refractivity contribution >= 4 is 28.5 Å². The van der Waals surface area contributed by atoms with Crippen LogP contribution in [0.2, 0.25) is 0 Å². The summed E-state index contributed by atoms with van der Waals surface area (Å²) >= 11 is 0. The van der Waals surface area contributed by atoms with Gasteiger partial charge in [0.15, 0.2) is 0 Å². The maximum Gasteiger partial charge on any atom is 0.234 e. The summed E-state index contributed by atoms with van der Waals surface area (Å²) < 4.78 is 2.20. The first kappa shape index (κ1) is 26.6. The lowest BCUT2D eigenvalue weighted by Crippen LogP contribution is -2.46. The Bertz CT molecular complexity index is 1700. The Morgan fingerprint density at radius 1 is 0.927 bits per heavy atom. The summed E-state index contributed by atoms with van der Waals surface area (Å²) in [7, 11) is 0. The molecule has 2 aromatic heterocycles. The number of aromatic amines is 1. The number of rotatable bonds is 8. The van der Waals surface area contributed by atoms with Crippen LogP contribution < -0.4 is 4.90 Å². The van der Waals surface area contributed by atoms with Crippen LogP contribution in [0.1, 0.15) is 57.8 Å². The van der Waals surface area contributed by atoms with Crippen molar-refractivity contribution in [3.8, 4) is 22.5 Å². The number of imide groups is 1. The number of carbonyl (C=O) groups excluding carboxylic acids is 2. The number of imidazole rings is 1. The summed E-state index contributed by atoms with van der Waals surface area (Å²) in [6.45, 7) is 6.65. The van der Waals surface area contributed by atoms with E-state index in [1.165, 1.54) is 4.90 Å². The molecule has 41 heavy (non-hydrogen) atoms. The van der Waals surface area contributed by atoms with Crippen molar-refractivity contribution in [1.82, 2.24) is 30.2 Å². The molecule has 9 nitrogen and oxygen atoms in total. The summed E-state index contributed by atoms with van der Waals surface area (Å²) in [4.78, 5) is 32.4. The summed E-state index contributed by atoms with van der Waals surface area (Å²) in [6.07, 6.45) is 3.56. The van der Waals surface area contributed by atoms with Crippen molar-refractivity contribution in [2.45, 2.75) is 59.4 Å². The van der Waals surface area contributed by atoms with E-state index in [-0.39, 0.29) is 17.2 Å². The van der Waals surface area contributed by atoms with Crippen LogP contribution in [0.3, 0.4) is 0 Å². The number of piperidine rings is 1. The second-order valence-corrected chi connectivity index (χ2v) is 11.5. The first-order valence-corrected chi connectivity index (χ1v) is 14.1. The van der Waals surface area contributed by atoms with Gasteiger partial charge in [0.25, 0.3) is 0 Å². The average Bonchev–Trinajstić information content (AvgIpc) is 3.60. The number of unbranched alkanes of at least 4 members (excludes halogenated alkanes) is 1. The zero-order valence-electron chi connectivity index (χ0n) is 23.6. The first-order valence-electron chi connectivity index (χ1n) is 14.1. The molecule has 1 aliphatic rings. The highest BCUT2D eigenvalue weighted by atomic mass is 16.2. The fourth-order valence-electron chi connectivity index (χ4n) is 5.67. The van der Waals surface area contributed by atoms with Crippen LogP contribution in [0.15, 0.2) is 66.7 Å². The molecule has 0 aliphatic carbocycles. The van der Waals surface area contributed by atoms with Crippen molar-refractivity contribution in [1.29, 1.82) is 0 Å². The van der Waals surface area contributed by atoms with Gasteiger partial charge in [0.1, 0.15) is 5.82 Å². The SMILES string of the molecule is CCCCc1nc2ccc(N3C(=O)CC(C)(C)CC3=O)cc2n1Cc1ccc(-c2ccccc2)c(-c2nn[nH]n2)c1. The van der Waals surface area contributed by atoms with Gasteiger partial charge < -0.3 is 4.57 Å². The van der Waals surface area contributed by atoms with Crippen molar-refractivity contribution in [3.05, 3.63) is 78.1 Å². The van der Waals surface area contributed by atoms with E-state index in [9.17, 15) is 9.59 Å². The molecule has 2 amide bonds. The van der Waals surface area contributed by atoms with Gasteiger partial charge in [-0.15, -0.1) is 10.2 Å². The number of hydrogen-bond donors (Lipinski definition) is 1. The predicted molar refractivity (Wildman–Crippen MR) is 158 cm³/mol. The second kappa shape index (κ2) is 10.7. The number of amides is 2. The van der Waals surface area contributed by atoms with Crippen LogP contribution in [-0.4, -0.2) is 42.0 Å². The first-order chi connectivity index (χ1) is 19.8. The van der Waals surface area contributed by atoms with Crippen molar-refractivity contribution in [2.24, 2.45) is 5.41 Å². The van der Waals surface area contributed by atoms with Gasteiger partial charge in [0.05, 0.1) is 16.7 Å². The van der Waals surface area contributed by atoms with E-state index < -0.39 is 0 Å². The number of benzene rings is 3. The minimum absolute atomic E-state index is 0.163. The Kier molecular flexibility index (Phi) is 6.95. The molecule has 0 bridgehead atoms. The largest absolute Gasteiger partial charge is 0.323 e. The molecule has 0 atom stereocenters. The van der Waals surface area contributed by atoms with Gasteiger partial charge >= 0.3 is 0 Å². The maximum absolute atomic E-state index is 13.0. The molecule has 9 heteroatoms. The number of carbonyl (C=O) groups is 2. The van der Waals surface area contributed by atoms with Gasteiger partial charge in [0, 0.05) is 31.4 Å². The highest BCUT2D eigenvalue weighted by molar-refractivity contribution is 6.17. The van der Waals surface area contributed by atoms with E-state index in [2.05, 4.69) is 62.4 Å². The Hall–Kier alpha value is -4.66. The number of nitrogens with zero attached hydrogens (tertiary/aromatic N) is 6. The number of hydrogen-bond acceptors (Lipinski definition) is 6. The number of tetrazole rings is 1. The molecule has 6 rings (SSSR count). The van der Waals surface area contributed by atoms with Gasteiger partial charge in [-0.1, -0.05) is 69.7 Å². The molecule has 5 aromatic rings. The van der Waals surface area contributed by atoms with E-state index in [0.29, 0.717) is 30.9 Å². The fraction of sp³-hybridized carbons (Fsp3) is 0.312. The van der Waals surface area contributed by atoms with Gasteiger partial charge in [-0.3, -0.25) is 14.5 Å². The summed E-state index contributed by atoms with van der Waals surface area (Å²) in [5.74, 6) is 1.18. The summed E-state index contributed by atoms with van der Waals surface area (Å²) in [5.41, 5.74) is 6.03. The Labute approximate surface area is 238 Å². The summed E-state index contributed by atoms with van der Waals surface area (Å²) in [6, 6.07) is 22.2. The van der Waals surface area contributed by atoms with Gasteiger partial charge in [-0.25, -0.2) is 4.98 Å². The second-order valence-electron chi connectivity index (χ2n) is 11.5. The van der Waals surface area contributed by atoms with Gasteiger partial charge in [0.2, 0.25) is 17.6 Å². The standard InChI is InChI=1S/C32H33N7O2/c1-4-5-11-28-33-26-15-13-23(39-29(40)18-32(2,3)19-30(39)41)17-27(26)38(28)20-21-12-14-24(22-9-7-6-8-10-22)25(16-21)31-34-36-37-35-31/h6-10,12-17H,4-5,11,18-20H2,1-3H3,(H,34,35,36,37). The molecule has 1 saturated heterocycles.